The highest BCUT2D eigenvalue weighted by Crippen LogP contribution is 2.20. The van der Waals surface area contributed by atoms with Gasteiger partial charge in [-0.2, -0.15) is 0 Å². The van der Waals surface area contributed by atoms with E-state index in [1.54, 1.807) is 0 Å². The van der Waals surface area contributed by atoms with Crippen LogP contribution in [0.4, 0.5) is 0 Å². The van der Waals surface area contributed by atoms with Crippen LogP contribution in [0, 0.1) is 6.92 Å². The van der Waals surface area contributed by atoms with Crippen molar-refractivity contribution >= 4 is 18.3 Å². The number of hydrogen-bond donors (Lipinski definition) is 2. The molecule has 0 fully saturated rings. The first-order chi connectivity index (χ1) is 10.5. The number of rotatable bonds is 6. The first-order valence-electron chi connectivity index (χ1n) is 7.73. The van der Waals surface area contributed by atoms with E-state index >= 15 is 0 Å². The molecule has 2 aromatic carbocycles. The molecule has 0 heterocycles. The predicted molar refractivity (Wildman–Crippen MR) is 98.6 cm³/mol. The van der Waals surface area contributed by atoms with Crippen LogP contribution in [0.5, 0.6) is 0 Å². The fourth-order valence-corrected chi connectivity index (χ4v) is 2.29. The molecule has 0 radical (unpaired) electrons. The monoisotopic (exact) mass is 332 g/mol. The fraction of sp³-hybridized carbons (Fsp3) is 0.316. The molecule has 1 atom stereocenters. The largest absolute Gasteiger partial charge is 0.352 e. The van der Waals surface area contributed by atoms with Gasteiger partial charge in [0.2, 0.25) is 5.91 Å². The molecule has 4 heteroatoms. The van der Waals surface area contributed by atoms with E-state index in [1.165, 1.54) is 16.7 Å². The van der Waals surface area contributed by atoms with E-state index in [0.717, 1.165) is 12.0 Å². The van der Waals surface area contributed by atoms with E-state index in [9.17, 15) is 4.79 Å². The van der Waals surface area contributed by atoms with Crippen molar-refractivity contribution in [3.8, 4) is 11.1 Å². The predicted octanol–water partition coefficient (Wildman–Crippen LogP) is 3.83. The van der Waals surface area contributed by atoms with Gasteiger partial charge in [0.05, 0.1) is 0 Å². The van der Waals surface area contributed by atoms with Crippen molar-refractivity contribution in [3.63, 3.8) is 0 Å². The van der Waals surface area contributed by atoms with Crippen LogP contribution in [0.1, 0.15) is 30.9 Å². The van der Waals surface area contributed by atoms with Crippen molar-refractivity contribution in [2.24, 2.45) is 5.73 Å². The summed E-state index contributed by atoms with van der Waals surface area (Å²) in [5.74, 6) is 0.0556. The van der Waals surface area contributed by atoms with Gasteiger partial charge in [-0.05, 0) is 37.0 Å². The van der Waals surface area contributed by atoms with Crippen molar-refractivity contribution < 1.29 is 4.79 Å². The van der Waals surface area contributed by atoms with Crippen LogP contribution in [0.15, 0.2) is 48.5 Å². The van der Waals surface area contributed by atoms with Gasteiger partial charge in [0.15, 0.2) is 0 Å². The van der Waals surface area contributed by atoms with Crippen LogP contribution in [-0.4, -0.2) is 11.9 Å². The molecule has 0 aliphatic rings. The Balaban J connectivity index is 0.00000264. The van der Waals surface area contributed by atoms with Crippen LogP contribution < -0.4 is 11.1 Å². The molecule has 0 saturated heterocycles. The van der Waals surface area contributed by atoms with Gasteiger partial charge in [-0.25, -0.2) is 0 Å². The first-order valence-corrected chi connectivity index (χ1v) is 7.73. The molecule has 0 bridgehead atoms. The molecule has 0 spiro atoms. The van der Waals surface area contributed by atoms with Gasteiger partial charge in [-0.3, -0.25) is 4.79 Å². The lowest BCUT2D eigenvalue weighted by atomic mass is 10.0. The minimum absolute atomic E-state index is 0. The summed E-state index contributed by atoms with van der Waals surface area (Å²) in [5, 5.41) is 2.93. The second kappa shape index (κ2) is 9.33. The van der Waals surface area contributed by atoms with Gasteiger partial charge in [0, 0.05) is 19.0 Å². The highest BCUT2D eigenvalue weighted by molar-refractivity contribution is 5.85. The number of benzene rings is 2. The normalized spacial score (nSPS) is 11.4. The average Bonchev–Trinajstić information content (AvgIpc) is 2.51. The maximum absolute atomic E-state index is 11.7. The molecule has 3 N–H and O–H groups in total. The van der Waals surface area contributed by atoms with Gasteiger partial charge >= 0.3 is 0 Å². The highest BCUT2D eigenvalue weighted by atomic mass is 35.5. The maximum Gasteiger partial charge on any atom is 0.220 e. The Morgan fingerprint density at radius 3 is 2.43 bits per heavy atom. The summed E-state index contributed by atoms with van der Waals surface area (Å²) in [6.07, 6.45) is 1.21. The molecule has 1 unspecified atom stereocenters. The number of hydrogen-bond acceptors (Lipinski definition) is 2. The SMILES string of the molecule is Cc1cccc(-c2ccc(CNC(=O)CCC(C)N)cc2)c1.Cl. The molecular weight excluding hydrogens is 308 g/mol. The third kappa shape index (κ3) is 6.43. The van der Waals surface area contributed by atoms with E-state index in [-0.39, 0.29) is 24.4 Å². The van der Waals surface area contributed by atoms with Crippen LogP contribution in [0.3, 0.4) is 0 Å². The summed E-state index contributed by atoms with van der Waals surface area (Å²) in [4.78, 5) is 11.7. The topological polar surface area (TPSA) is 55.1 Å². The summed E-state index contributed by atoms with van der Waals surface area (Å²) in [6.45, 7) is 4.57. The standard InChI is InChI=1S/C19H24N2O.ClH/c1-14-4-3-5-18(12-14)17-9-7-16(8-10-17)13-21-19(22)11-6-15(2)20;/h3-5,7-10,12,15H,6,11,13,20H2,1-2H3,(H,21,22);1H. The molecule has 0 aromatic heterocycles. The third-order valence-electron chi connectivity index (χ3n) is 3.62. The lowest BCUT2D eigenvalue weighted by Crippen LogP contribution is -2.25. The summed E-state index contributed by atoms with van der Waals surface area (Å²) in [5.41, 5.74) is 10.4. The van der Waals surface area contributed by atoms with Gasteiger partial charge < -0.3 is 11.1 Å². The van der Waals surface area contributed by atoms with Gasteiger partial charge in [-0.15, -0.1) is 12.4 Å². The Kier molecular flexibility index (Phi) is 7.79. The van der Waals surface area contributed by atoms with Crippen molar-refractivity contribution in [2.75, 3.05) is 0 Å². The lowest BCUT2D eigenvalue weighted by molar-refractivity contribution is -0.121. The smallest absolute Gasteiger partial charge is 0.220 e. The average molecular weight is 333 g/mol. The zero-order valence-electron chi connectivity index (χ0n) is 13.7. The number of nitrogens with one attached hydrogen (secondary N) is 1. The Morgan fingerprint density at radius 2 is 1.83 bits per heavy atom. The Labute approximate surface area is 144 Å². The summed E-state index contributed by atoms with van der Waals surface area (Å²) in [6, 6.07) is 16.8. The van der Waals surface area contributed by atoms with Gasteiger partial charge in [0.25, 0.3) is 0 Å². The quantitative estimate of drug-likeness (QED) is 0.844. The zero-order chi connectivity index (χ0) is 15.9. The number of halogens is 1. The van der Waals surface area contributed by atoms with Crippen LogP contribution in [0.2, 0.25) is 0 Å². The molecule has 2 rings (SSSR count). The maximum atomic E-state index is 11.7. The minimum atomic E-state index is 0. The van der Waals surface area contributed by atoms with E-state index in [1.807, 2.05) is 6.92 Å². The van der Waals surface area contributed by atoms with E-state index < -0.39 is 0 Å². The Morgan fingerprint density at radius 1 is 1.13 bits per heavy atom. The lowest BCUT2D eigenvalue weighted by Gasteiger charge is -2.08. The van der Waals surface area contributed by atoms with Crippen molar-refractivity contribution in [1.82, 2.24) is 5.32 Å². The van der Waals surface area contributed by atoms with E-state index in [2.05, 4.69) is 60.8 Å². The fourth-order valence-electron chi connectivity index (χ4n) is 2.29. The van der Waals surface area contributed by atoms with Gasteiger partial charge in [0.1, 0.15) is 0 Å². The van der Waals surface area contributed by atoms with Gasteiger partial charge in [-0.1, -0.05) is 54.1 Å². The third-order valence-corrected chi connectivity index (χ3v) is 3.62. The number of carbonyl (C=O) groups excluding carboxylic acids is 1. The molecule has 124 valence electrons. The van der Waals surface area contributed by atoms with Crippen molar-refractivity contribution in [2.45, 2.75) is 39.3 Å². The van der Waals surface area contributed by atoms with Crippen LogP contribution in [0.25, 0.3) is 11.1 Å². The van der Waals surface area contributed by atoms with Crippen molar-refractivity contribution in [3.05, 3.63) is 59.7 Å². The molecule has 23 heavy (non-hydrogen) atoms. The highest BCUT2D eigenvalue weighted by Gasteiger charge is 2.04. The number of aryl methyl sites for hydroxylation is 1. The molecular formula is C19H25ClN2O. The summed E-state index contributed by atoms with van der Waals surface area (Å²) in [7, 11) is 0. The molecule has 2 aromatic rings. The van der Waals surface area contributed by atoms with Crippen molar-refractivity contribution in [1.29, 1.82) is 0 Å². The number of carbonyl (C=O) groups is 1. The molecule has 0 aliphatic heterocycles. The molecule has 1 amide bonds. The number of nitrogens with two attached hydrogens (primary N) is 1. The van der Waals surface area contributed by atoms with Crippen LogP contribution in [-0.2, 0) is 11.3 Å². The second-order valence-corrected chi connectivity index (χ2v) is 5.86. The molecule has 3 nitrogen and oxygen atoms in total. The van der Waals surface area contributed by atoms with E-state index in [4.69, 9.17) is 5.73 Å². The molecule has 0 saturated carbocycles. The Hall–Kier alpha value is -1.84. The summed E-state index contributed by atoms with van der Waals surface area (Å²) < 4.78 is 0. The number of amides is 1. The van der Waals surface area contributed by atoms with E-state index in [0.29, 0.717) is 13.0 Å². The minimum Gasteiger partial charge on any atom is -0.352 e. The van der Waals surface area contributed by atoms with Crippen LogP contribution >= 0.6 is 12.4 Å². The Bertz CT molecular complexity index is 624. The summed E-state index contributed by atoms with van der Waals surface area (Å²) >= 11 is 0. The second-order valence-electron chi connectivity index (χ2n) is 5.86. The zero-order valence-corrected chi connectivity index (χ0v) is 14.5. The first kappa shape index (κ1) is 19.2. The molecule has 0 aliphatic carbocycles.